The summed E-state index contributed by atoms with van der Waals surface area (Å²) < 4.78 is 2.22. The summed E-state index contributed by atoms with van der Waals surface area (Å²) >= 11 is 7.85. The lowest BCUT2D eigenvalue weighted by atomic mass is 10.3. The molecule has 0 fully saturated rings. The Kier molecular flexibility index (Phi) is 2.22. The molecule has 2 aromatic rings. The number of benzene rings is 1. The van der Waals surface area contributed by atoms with E-state index in [4.69, 9.17) is 0 Å². The van der Waals surface area contributed by atoms with E-state index in [2.05, 4.69) is 35.2 Å². The fourth-order valence-corrected chi connectivity index (χ4v) is 3.56. The second-order valence-electron chi connectivity index (χ2n) is 2.37. The van der Waals surface area contributed by atoms with Crippen molar-refractivity contribution in [1.29, 1.82) is 0 Å². The van der Waals surface area contributed by atoms with E-state index in [9.17, 15) is 5.11 Å². The Labute approximate surface area is 93.0 Å². The molecule has 2 rings (SSSR count). The number of aromatic hydroxyl groups is 1. The minimum Gasteiger partial charge on any atom is -0.499 e. The lowest BCUT2D eigenvalue weighted by molar-refractivity contribution is 0.480. The molecule has 0 spiro atoms. The van der Waals surface area contributed by atoms with Crippen molar-refractivity contribution >= 4 is 56.6 Å². The molecule has 1 heterocycles. The lowest BCUT2D eigenvalue weighted by Gasteiger charge is -1.93. The Morgan fingerprint density at radius 3 is 2.83 bits per heavy atom. The molecule has 0 unspecified atom stereocenters. The van der Waals surface area contributed by atoms with Crippen molar-refractivity contribution in [2.24, 2.45) is 0 Å². The first-order chi connectivity index (χ1) is 5.70. The zero-order valence-electron chi connectivity index (χ0n) is 5.91. The van der Waals surface area contributed by atoms with Gasteiger partial charge in [-0.15, -0.1) is 12.6 Å². The van der Waals surface area contributed by atoms with Crippen molar-refractivity contribution in [1.82, 2.24) is 0 Å². The van der Waals surface area contributed by atoms with E-state index in [0.717, 1.165) is 13.7 Å². The molecule has 1 N–H and O–H groups in total. The van der Waals surface area contributed by atoms with Gasteiger partial charge in [-0.1, -0.05) is 17.4 Å². The molecule has 0 aliphatic carbocycles. The highest BCUT2D eigenvalue weighted by Crippen LogP contribution is 2.40. The molecule has 0 atom stereocenters. The third-order valence-electron chi connectivity index (χ3n) is 1.62. The SMILES string of the molecule is Oc1sc2cccc(I)c2c1S. The van der Waals surface area contributed by atoms with Gasteiger partial charge in [0.05, 0.1) is 4.90 Å². The molecule has 0 bridgehead atoms. The maximum absolute atomic E-state index is 9.41. The zero-order valence-corrected chi connectivity index (χ0v) is 9.78. The Morgan fingerprint density at radius 1 is 1.42 bits per heavy atom. The van der Waals surface area contributed by atoms with Crippen LogP contribution in [0.3, 0.4) is 0 Å². The van der Waals surface area contributed by atoms with E-state index < -0.39 is 0 Å². The molecule has 0 aliphatic heterocycles. The smallest absolute Gasteiger partial charge is 0.186 e. The number of fused-ring (bicyclic) bond motifs is 1. The Bertz CT molecular complexity index is 436. The highest BCUT2D eigenvalue weighted by Gasteiger charge is 2.09. The lowest BCUT2D eigenvalue weighted by Crippen LogP contribution is -1.71. The fourth-order valence-electron chi connectivity index (χ4n) is 1.08. The number of thiophene rings is 1. The van der Waals surface area contributed by atoms with Crippen LogP contribution in [0.2, 0.25) is 0 Å². The van der Waals surface area contributed by atoms with E-state index in [1.807, 2.05) is 18.2 Å². The maximum atomic E-state index is 9.41. The summed E-state index contributed by atoms with van der Waals surface area (Å²) in [7, 11) is 0. The van der Waals surface area contributed by atoms with Crippen molar-refractivity contribution < 1.29 is 5.11 Å². The van der Waals surface area contributed by atoms with Crippen LogP contribution in [0.4, 0.5) is 0 Å². The minimum atomic E-state index is 0.303. The van der Waals surface area contributed by atoms with Gasteiger partial charge in [0.25, 0.3) is 0 Å². The van der Waals surface area contributed by atoms with Crippen LogP contribution >= 0.6 is 46.6 Å². The molecular formula is C8H5IOS2. The second kappa shape index (κ2) is 3.08. The van der Waals surface area contributed by atoms with Crippen LogP contribution in [0.5, 0.6) is 5.06 Å². The van der Waals surface area contributed by atoms with Crippen molar-refractivity contribution in [2.75, 3.05) is 0 Å². The fraction of sp³-hybridized carbons (Fsp3) is 0. The van der Waals surface area contributed by atoms with E-state index >= 15 is 0 Å². The van der Waals surface area contributed by atoms with E-state index in [1.54, 1.807) is 0 Å². The minimum absolute atomic E-state index is 0.303. The van der Waals surface area contributed by atoms with Gasteiger partial charge in [0, 0.05) is 13.7 Å². The van der Waals surface area contributed by atoms with Gasteiger partial charge in [-0.3, -0.25) is 0 Å². The van der Waals surface area contributed by atoms with Gasteiger partial charge in [-0.2, -0.15) is 0 Å². The first-order valence-electron chi connectivity index (χ1n) is 3.29. The Hall–Kier alpha value is 0.0600. The van der Waals surface area contributed by atoms with E-state index in [-0.39, 0.29) is 0 Å². The molecule has 4 heteroatoms. The van der Waals surface area contributed by atoms with E-state index in [1.165, 1.54) is 11.3 Å². The first kappa shape index (κ1) is 8.65. The summed E-state index contributed by atoms with van der Waals surface area (Å²) in [6.07, 6.45) is 0. The third kappa shape index (κ3) is 1.22. The molecular weight excluding hydrogens is 303 g/mol. The number of rotatable bonds is 0. The van der Waals surface area contributed by atoms with Crippen molar-refractivity contribution in [3.05, 3.63) is 21.8 Å². The molecule has 0 aliphatic rings. The third-order valence-corrected chi connectivity index (χ3v) is 4.06. The largest absolute Gasteiger partial charge is 0.499 e. The summed E-state index contributed by atoms with van der Waals surface area (Å²) in [4.78, 5) is 0.694. The number of hydrogen-bond acceptors (Lipinski definition) is 3. The average molecular weight is 308 g/mol. The van der Waals surface area contributed by atoms with Crippen LogP contribution in [0.15, 0.2) is 23.1 Å². The van der Waals surface area contributed by atoms with Gasteiger partial charge in [0.2, 0.25) is 0 Å². The van der Waals surface area contributed by atoms with Crippen LogP contribution in [-0.2, 0) is 0 Å². The summed E-state index contributed by atoms with van der Waals surface area (Å²) in [5.41, 5.74) is 0. The van der Waals surface area contributed by atoms with Crippen LogP contribution in [0.1, 0.15) is 0 Å². The highest BCUT2D eigenvalue weighted by molar-refractivity contribution is 14.1. The molecule has 0 saturated heterocycles. The van der Waals surface area contributed by atoms with Crippen LogP contribution in [0, 0.1) is 3.57 Å². The summed E-state index contributed by atoms with van der Waals surface area (Å²) in [5.74, 6) is 0. The predicted octanol–water partition coefficient (Wildman–Crippen LogP) is 3.50. The Morgan fingerprint density at radius 2 is 2.17 bits per heavy atom. The number of hydrogen-bond donors (Lipinski definition) is 2. The zero-order chi connectivity index (χ0) is 8.72. The molecule has 0 radical (unpaired) electrons. The van der Waals surface area contributed by atoms with Crippen molar-refractivity contribution in [2.45, 2.75) is 4.90 Å². The second-order valence-corrected chi connectivity index (χ2v) is 5.01. The molecule has 1 aromatic heterocycles. The van der Waals surface area contributed by atoms with E-state index in [0.29, 0.717) is 9.96 Å². The monoisotopic (exact) mass is 308 g/mol. The van der Waals surface area contributed by atoms with Gasteiger partial charge in [-0.05, 0) is 34.7 Å². The summed E-state index contributed by atoms with van der Waals surface area (Å²) in [6, 6.07) is 5.98. The standard InChI is InChI=1S/C8H5IOS2/c9-4-2-1-3-5-6(4)7(11)8(10)12-5/h1-3,10-11H. The molecule has 1 nitrogen and oxygen atoms in total. The maximum Gasteiger partial charge on any atom is 0.186 e. The van der Waals surface area contributed by atoms with Crippen LogP contribution < -0.4 is 0 Å². The van der Waals surface area contributed by atoms with Gasteiger partial charge < -0.3 is 5.11 Å². The topological polar surface area (TPSA) is 20.2 Å². The number of halogens is 1. The van der Waals surface area contributed by atoms with Crippen LogP contribution in [-0.4, -0.2) is 5.11 Å². The van der Waals surface area contributed by atoms with Crippen LogP contribution in [0.25, 0.3) is 10.1 Å². The summed E-state index contributed by atoms with van der Waals surface area (Å²) in [5, 5.41) is 10.8. The van der Waals surface area contributed by atoms with Gasteiger partial charge in [-0.25, -0.2) is 0 Å². The molecule has 0 saturated carbocycles. The summed E-state index contributed by atoms with van der Waals surface area (Å²) in [6.45, 7) is 0. The van der Waals surface area contributed by atoms with Gasteiger partial charge in [0.1, 0.15) is 0 Å². The first-order valence-corrected chi connectivity index (χ1v) is 5.63. The average Bonchev–Trinajstić information content (AvgIpc) is 2.29. The van der Waals surface area contributed by atoms with Crippen molar-refractivity contribution in [3.8, 4) is 5.06 Å². The highest BCUT2D eigenvalue weighted by atomic mass is 127. The molecule has 12 heavy (non-hydrogen) atoms. The molecule has 1 aromatic carbocycles. The predicted molar refractivity (Wildman–Crippen MR) is 63.5 cm³/mol. The molecule has 62 valence electrons. The quantitative estimate of drug-likeness (QED) is 0.564. The van der Waals surface area contributed by atoms with Gasteiger partial charge in [0.15, 0.2) is 5.06 Å². The molecule has 0 amide bonds. The number of thiol groups is 1. The normalized spacial score (nSPS) is 10.8. The van der Waals surface area contributed by atoms with Crippen molar-refractivity contribution in [3.63, 3.8) is 0 Å². The Balaban J connectivity index is 2.97. The van der Waals surface area contributed by atoms with Gasteiger partial charge >= 0.3 is 0 Å².